The minimum Gasteiger partial charge on any atom is -0.340 e. The molecule has 3 rings (SSSR count). The van der Waals surface area contributed by atoms with E-state index in [9.17, 15) is 9.59 Å². The topological polar surface area (TPSA) is 63.1 Å². The third kappa shape index (κ3) is 2.57. The van der Waals surface area contributed by atoms with Gasteiger partial charge in [-0.25, -0.2) is 0 Å². The SMILES string of the molecule is C=CCn1c(C)c(C=C2C(=O)NC(=S)NC2=O)c2ccccc21. The van der Waals surface area contributed by atoms with E-state index in [1.54, 1.807) is 6.08 Å². The van der Waals surface area contributed by atoms with Crippen molar-refractivity contribution in [1.82, 2.24) is 15.2 Å². The van der Waals surface area contributed by atoms with Gasteiger partial charge < -0.3 is 4.57 Å². The highest BCUT2D eigenvalue weighted by Crippen LogP contribution is 2.28. The molecule has 1 aromatic heterocycles. The van der Waals surface area contributed by atoms with Crippen LogP contribution in [0.5, 0.6) is 0 Å². The Hall–Kier alpha value is -2.73. The Kier molecular flexibility index (Phi) is 3.83. The Bertz CT molecular complexity index is 871. The van der Waals surface area contributed by atoms with Gasteiger partial charge in [-0.2, -0.15) is 0 Å². The van der Waals surface area contributed by atoms with Gasteiger partial charge in [0.2, 0.25) is 0 Å². The van der Waals surface area contributed by atoms with Crippen LogP contribution in [0.4, 0.5) is 0 Å². The van der Waals surface area contributed by atoms with E-state index in [4.69, 9.17) is 12.2 Å². The Balaban J connectivity index is 2.20. The number of benzene rings is 1. The molecule has 0 atom stereocenters. The highest BCUT2D eigenvalue weighted by molar-refractivity contribution is 7.80. The molecular weight excluding hydrogens is 310 g/mol. The molecule has 1 aliphatic rings. The Morgan fingerprint density at radius 2 is 1.87 bits per heavy atom. The first-order valence-corrected chi connectivity index (χ1v) is 7.51. The summed E-state index contributed by atoms with van der Waals surface area (Å²) in [6.07, 6.45) is 3.43. The van der Waals surface area contributed by atoms with Crippen LogP contribution < -0.4 is 10.6 Å². The standard InChI is InChI=1S/C17H15N3O2S/c1-3-8-20-10(2)12(11-6-4-5-7-14(11)20)9-13-15(21)18-17(23)19-16(13)22/h3-7,9H,1,8H2,2H3,(H2,18,19,21,22,23). The number of allylic oxidation sites excluding steroid dienone is 1. The van der Waals surface area contributed by atoms with E-state index in [1.165, 1.54) is 0 Å². The minimum atomic E-state index is -0.487. The van der Waals surface area contributed by atoms with Gasteiger partial charge in [-0.05, 0) is 31.3 Å². The summed E-state index contributed by atoms with van der Waals surface area (Å²) in [5.41, 5.74) is 2.88. The lowest BCUT2D eigenvalue weighted by molar-refractivity contribution is -0.123. The van der Waals surface area contributed by atoms with Crippen molar-refractivity contribution in [1.29, 1.82) is 0 Å². The molecule has 1 aromatic carbocycles. The molecule has 0 radical (unpaired) electrons. The second kappa shape index (κ2) is 5.81. The van der Waals surface area contributed by atoms with Crippen molar-refractivity contribution in [3.8, 4) is 0 Å². The molecule has 0 unspecified atom stereocenters. The summed E-state index contributed by atoms with van der Waals surface area (Å²) < 4.78 is 2.10. The Labute approximate surface area is 138 Å². The van der Waals surface area contributed by atoms with E-state index in [1.807, 2.05) is 37.3 Å². The van der Waals surface area contributed by atoms with Crippen molar-refractivity contribution in [2.24, 2.45) is 0 Å². The molecule has 0 aliphatic carbocycles. The number of aromatic nitrogens is 1. The van der Waals surface area contributed by atoms with Crippen LogP contribution >= 0.6 is 12.2 Å². The minimum absolute atomic E-state index is 0.0305. The Morgan fingerprint density at radius 3 is 2.52 bits per heavy atom. The van der Waals surface area contributed by atoms with Gasteiger partial charge in [0.15, 0.2) is 5.11 Å². The summed E-state index contributed by atoms with van der Waals surface area (Å²) >= 11 is 4.81. The summed E-state index contributed by atoms with van der Waals surface area (Å²) in [4.78, 5) is 24.1. The van der Waals surface area contributed by atoms with Crippen molar-refractivity contribution in [2.75, 3.05) is 0 Å². The number of amides is 2. The maximum absolute atomic E-state index is 12.0. The van der Waals surface area contributed by atoms with Gasteiger partial charge >= 0.3 is 0 Å². The fourth-order valence-electron chi connectivity index (χ4n) is 2.76. The molecule has 2 N–H and O–H groups in total. The molecule has 1 aliphatic heterocycles. The number of hydrogen-bond acceptors (Lipinski definition) is 3. The lowest BCUT2D eigenvalue weighted by Gasteiger charge is -2.16. The van der Waals surface area contributed by atoms with E-state index in [0.717, 1.165) is 22.2 Å². The van der Waals surface area contributed by atoms with Crippen molar-refractivity contribution < 1.29 is 9.59 Å². The summed E-state index contributed by atoms with van der Waals surface area (Å²) in [5.74, 6) is -0.975. The molecule has 0 bridgehead atoms. The largest absolute Gasteiger partial charge is 0.340 e. The van der Waals surface area contributed by atoms with Crippen LogP contribution in [0.1, 0.15) is 11.3 Å². The zero-order valence-electron chi connectivity index (χ0n) is 12.6. The van der Waals surface area contributed by atoms with E-state index >= 15 is 0 Å². The van der Waals surface area contributed by atoms with Crippen molar-refractivity contribution >= 4 is 46.1 Å². The first-order chi connectivity index (χ1) is 11.0. The molecule has 2 amide bonds. The molecule has 6 heteroatoms. The average Bonchev–Trinajstić information content (AvgIpc) is 2.76. The molecule has 1 saturated heterocycles. The predicted molar refractivity (Wildman–Crippen MR) is 93.7 cm³/mol. The number of fused-ring (bicyclic) bond motifs is 1. The van der Waals surface area contributed by atoms with Crippen LogP contribution in [-0.2, 0) is 16.1 Å². The van der Waals surface area contributed by atoms with Gasteiger partial charge in [0.25, 0.3) is 11.8 Å². The summed E-state index contributed by atoms with van der Waals surface area (Å²) in [5, 5.41) is 5.91. The number of rotatable bonds is 3. The quantitative estimate of drug-likeness (QED) is 0.393. The van der Waals surface area contributed by atoms with Gasteiger partial charge in [-0.1, -0.05) is 24.3 Å². The molecular formula is C17H15N3O2S. The van der Waals surface area contributed by atoms with Crippen LogP contribution in [0.2, 0.25) is 0 Å². The van der Waals surface area contributed by atoms with Crippen LogP contribution in [0.25, 0.3) is 17.0 Å². The predicted octanol–water partition coefficient (Wildman–Crippen LogP) is 2.05. The Morgan fingerprint density at radius 1 is 1.22 bits per heavy atom. The maximum atomic E-state index is 12.0. The molecule has 2 heterocycles. The van der Waals surface area contributed by atoms with Gasteiger partial charge in [-0.15, -0.1) is 6.58 Å². The lowest BCUT2D eigenvalue weighted by atomic mass is 10.1. The molecule has 23 heavy (non-hydrogen) atoms. The van der Waals surface area contributed by atoms with E-state index in [-0.39, 0.29) is 10.7 Å². The van der Waals surface area contributed by atoms with Gasteiger partial charge in [0.05, 0.1) is 0 Å². The zero-order valence-corrected chi connectivity index (χ0v) is 13.4. The van der Waals surface area contributed by atoms with Crippen LogP contribution in [-0.4, -0.2) is 21.5 Å². The van der Waals surface area contributed by atoms with E-state index in [2.05, 4.69) is 21.8 Å². The smallest absolute Gasteiger partial charge is 0.263 e. The number of thiocarbonyl (C=S) groups is 1. The average molecular weight is 325 g/mol. The maximum Gasteiger partial charge on any atom is 0.263 e. The number of hydrogen-bond donors (Lipinski definition) is 2. The highest BCUT2D eigenvalue weighted by atomic mass is 32.1. The van der Waals surface area contributed by atoms with E-state index < -0.39 is 11.8 Å². The summed E-state index contributed by atoms with van der Waals surface area (Å²) in [7, 11) is 0. The summed E-state index contributed by atoms with van der Waals surface area (Å²) in [6.45, 7) is 6.39. The van der Waals surface area contributed by atoms with Gasteiger partial charge in [-0.3, -0.25) is 20.2 Å². The monoisotopic (exact) mass is 325 g/mol. The number of nitrogens with one attached hydrogen (secondary N) is 2. The fraction of sp³-hybridized carbons (Fsp3) is 0.118. The molecule has 116 valence electrons. The third-order valence-corrected chi connectivity index (χ3v) is 4.03. The van der Waals surface area contributed by atoms with Crippen molar-refractivity contribution in [3.63, 3.8) is 0 Å². The second-order valence-corrected chi connectivity index (χ2v) is 5.62. The normalized spacial score (nSPS) is 14.7. The third-order valence-electron chi connectivity index (χ3n) is 3.82. The number of para-hydroxylation sites is 1. The molecule has 1 fully saturated rings. The molecule has 2 aromatic rings. The van der Waals surface area contributed by atoms with Crippen molar-refractivity contribution in [2.45, 2.75) is 13.5 Å². The number of carbonyl (C=O) groups is 2. The fourth-order valence-corrected chi connectivity index (χ4v) is 2.94. The first kappa shape index (κ1) is 15.2. The number of nitrogens with zero attached hydrogens (tertiary/aromatic N) is 1. The van der Waals surface area contributed by atoms with Gasteiger partial charge in [0.1, 0.15) is 5.57 Å². The number of carbonyl (C=O) groups excluding carboxylic acids is 2. The van der Waals surface area contributed by atoms with Gasteiger partial charge in [0, 0.05) is 28.7 Å². The van der Waals surface area contributed by atoms with Crippen LogP contribution in [0.15, 0.2) is 42.5 Å². The van der Waals surface area contributed by atoms with Crippen LogP contribution in [0.3, 0.4) is 0 Å². The second-order valence-electron chi connectivity index (χ2n) is 5.21. The van der Waals surface area contributed by atoms with Crippen LogP contribution in [0, 0.1) is 6.92 Å². The van der Waals surface area contributed by atoms with Crippen molar-refractivity contribution in [3.05, 3.63) is 53.8 Å². The molecule has 0 saturated carbocycles. The lowest BCUT2D eigenvalue weighted by Crippen LogP contribution is -2.51. The summed E-state index contributed by atoms with van der Waals surface area (Å²) in [6, 6.07) is 7.86. The molecule has 5 nitrogen and oxygen atoms in total. The highest BCUT2D eigenvalue weighted by Gasteiger charge is 2.26. The molecule has 0 spiro atoms. The van der Waals surface area contributed by atoms with E-state index in [0.29, 0.717) is 6.54 Å². The first-order valence-electron chi connectivity index (χ1n) is 7.10. The zero-order chi connectivity index (χ0) is 16.6.